The average molecular weight is 180 g/mol. The van der Waals surface area contributed by atoms with E-state index in [1.165, 1.54) is 0 Å². The van der Waals surface area contributed by atoms with Gasteiger partial charge in [-0.2, -0.15) is 9.97 Å². The SMILES string of the molecule is CC(C)c1nc(N)nc(C(C)C)n1. The second-order valence-corrected chi connectivity index (χ2v) is 3.72. The number of aromatic nitrogens is 3. The Morgan fingerprint density at radius 1 is 0.846 bits per heavy atom. The van der Waals surface area contributed by atoms with Crippen LogP contribution in [0.2, 0.25) is 0 Å². The largest absolute Gasteiger partial charge is 0.368 e. The van der Waals surface area contributed by atoms with E-state index >= 15 is 0 Å². The first kappa shape index (κ1) is 9.89. The molecule has 0 fully saturated rings. The highest BCUT2D eigenvalue weighted by atomic mass is 15.1. The van der Waals surface area contributed by atoms with Crippen molar-refractivity contribution in [3.63, 3.8) is 0 Å². The minimum atomic E-state index is 0.294. The van der Waals surface area contributed by atoms with E-state index in [0.29, 0.717) is 17.8 Å². The first-order valence-corrected chi connectivity index (χ1v) is 4.52. The van der Waals surface area contributed by atoms with Gasteiger partial charge in [-0.3, -0.25) is 0 Å². The van der Waals surface area contributed by atoms with E-state index in [9.17, 15) is 0 Å². The Morgan fingerprint density at radius 2 is 1.23 bits per heavy atom. The monoisotopic (exact) mass is 180 g/mol. The fourth-order valence-corrected chi connectivity index (χ4v) is 0.943. The lowest BCUT2D eigenvalue weighted by Crippen LogP contribution is -2.09. The minimum Gasteiger partial charge on any atom is -0.368 e. The van der Waals surface area contributed by atoms with Crippen molar-refractivity contribution in [3.8, 4) is 0 Å². The van der Waals surface area contributed by atoms with Crippen molar-refractivity contribution in [3.05, 3.63) is 11.6 Å². The Hall–Kier alpha value is -1.19. The minimum absolute atomic E-state index is 0.294. The summed E-state index contributed by atoms with van der Waals surface area (Å²) in [5, 5.41) is 0. The molecule has 1 aromatic heterocycles. The predicted octanol–water partition coefficient (Wildman–Crippen LogP) is 1.70. The molecule has 0 radical (unpaired) electrons. The standard InChI is InChI=1S/C9H16N4/c1-5(2)7-11-8(6(3)4)13-9(10)12-7/h5-6H,1-4H3,(H2,10,11,12,13). The molecule has 0 spiro atoms. The third-order valence-corrected chi connectivity index (χ3v) is 1.72. The second-order valence-electron chi connectivity index (χ2n) is 3.72. The summed E-state index contributed by atoms with van der Waals surface area (Å²) in [7, 11) is 0. The lowest BCUT2D eigenvalue weighted by Gasteiger charge is -2.08. The van der Waals surface area contributed by atoms with Crippen LogP contribution in [0, 0.1) is 0 Å². The molecule has 13 heavy (non-hydrogen) atoms. The summed E-state index contributed by atoms with van der Waals surface area (Å²) in [5.41, 5.74) is 5.57. The number of nitrogens with two attached hydrogens (primary N) is 1. The molecular formula is C9H16N4. The van der Waals surface area contributed by atoms with Crippen LogP contribution in [0.3, 0.4) is 0 Å². The van der Waals surface area contributed by atoms with E-state index in [1.54, 1.807) is 0 Å². The zero-order valence-electron chi connectivity index (χ0n) is 8.57. The van der Waals surface area contributed by atoms with Gasteiger partial charge in [-0.25, -0.2) is 4.98 Å². The smallest absolute Gasteiger partial charge is 0.223 e. The molecule has 0 saturated heterocycles. The van der Waals surface area contributed by atoms with Gasteiger partial charge in [0.15, 0.2) is 0 Å². The Kier molecular flexibility index (Phi) is 2.80. The molecule has 0 aliphatic rings. The fraction of sp³-hybridized carbons (Fsp3) is 0.667. The van der Waals surface area contributed by atoms with Crippen LogP contribution in [0.5, 0.6) is 0 Å². The highest BCUT2D eigenvalue weighted by Gasteiger charge is 2.09. The molecule has 0 amide bonds. The molecule has 2 N–H and O–H groups in total. The van der Waals surface area contributed by atoms with Gasteiger partial charge in [0.25, 0.3) is 0 Å². The molecule has 0 atom stereocenters. The van der Waals surface area contributed by atoms with Crippen molar-refractivity contribution < 1.29 is 0 Å². The van der Waals surface area contributed by atoms with Crippen LogP contribution in [-0.2, 0) is 0 Å². The molecule has 1 rings (SSSR count). The lowest BCUT2D eigenvalue weighted by molar-refractivity contribution is 0.699. The molecule has 0 aromatic carbocycles. The summed E-state index contributed by atoms with van der Waals surface area (Å²) in [6, 6.07) is 0. The Labute approximate surface area is 78.6 Å². The van der Waals surface area contributed by atoms with E-state index in [1.807, 2.05) is 27.7 Å². The van der Waals surface area contributed by atoms with Gasteiger partial charge in [-0.05, 0) is 0 Å². The third-order valence-electron chi connectivity index (χ3n) is 1.72. The summed E-state index contributed by atoms with van der Waals surface area (Å²) >= 11 is 0. The number of hydrogen-bond acceptors (Lipinski definition) is 4. The van der Waals surface area contributed by atoms with Crippen LogP contribution in [0.25, 0.3) is 0 Å². The zero-order valence-corrected chi connectivity index (χ0v) is 8.57. The molecule has 1 heterocycles. The molecule has 0 unspecified atom stereocenters. The quantitative estimate of drug-likeness (QED) is 0.752. The summed E-state index contributed by atoms with van der Waals surface area (Å²) in [4.78, 5) is 12.5. The van der Waals surface area contributed by atoms with Gasteiger partial charge in [-0.15, -0.1) is 0 Å². The molecule has 0 bridgehead atoms. The van der Waals surface area contributed by atoms with Gasteiger partial charge >= 0.3 is 0 Å². The van der Waals surface area contributed by atoms with Gasteiger partial charge < -0.3 is 5.73 Å². The molecule has 0 aliphatic carbocycles. The highest BCUT2D eigenvalue weighted by Crippen LogP contribution is 2.14. The van der Waals surface area contributed by atoms with Gasteiger partial charge in [-0.1, -0.05) is 27.7 Å². The number of anilines is 1. The van der Waals surface area contributed by atoms with Crippen LogP contribution in [0.1, 0.15) is 51.2 Å². The normalized spacial score (nSPS) is 11.2. The van der Waals surface area contributed by atoms with Crippen LogP contribution < -0.4 is 5.73 Å². The molecule has 0 aliphatic heterocycles. The maximum Gasteiger partial charge on any atom is 0.223 e. The second kappa shape index (κ2) is 3.68. The average Bonchev–Trinajstić information content (AvgIpc) is 2.03. The summed E-state index contributed by atoms with van der Waals surface area (Å²) in [6.45, 7) is 8.16. The van der Waals surface area contributed by atoms with E-state index < -0.39 is 0 Å². The van der Waals surface area contributed by atoms with Gasteiger partial charge in [0.05, 0.1) is 0 Å². The van der Waals surface area contributed by atoms with E-state index in [0.717, 1.165) is 11.6 Å². The number of nitrogens with zero attached hydrogens (tertiary/aromatic N) is 3. The Balaban J connectivity index is 3.11. The highest BCUT2D eigenvalue weighted by molar-refractivity contribution is 5.18. The van der Waals surface area contributed by atoms with Crippen LogP contribution >= 0.6 is 0 Å². The zero-order chi connectivity index (χ0) is 10.0. The molecule has 72 valence electrons. The number of rotatable bonds is 2. The molecular weight excluding hydrogens is 164 g/mol. The van der Waals surface area contributed by atoms with Crippen molar-refractivity contribution in [2.45, 2.75) is 39.5 Å². The summed E-state index contributed by atoms with van der Waals surface area (Å²) in [6.07, 6.45) is 0. The molecule has 4 heteroatoms. The van der Waals surface area contributed by atoms with E-state index in [-0.39, 0.29) is 0 Å². The predicted molar refractivity (Wildman–Crippen MR) is 52.4 cm³/mol. The maximum absolute atomic E-state index is 5.57. The molecule has 1 aromatic rings. The van der Waals surface area contributed by atoms with Crippen molar-refractivity contribution in [1.82, 2.24) is 15.0 Å². The lowest BCUT2D eigenvalue weighted by atomic mass is 10.2. The molecule has 0 saturated carbocycles. The van der Waals surface area contributed by atoms with Crippen molar-refractivity contribution in [1.29, 1.82) is 0 Å². The summed E-state index contributed by atoms with van der Waals surface area (Å²) in [5.74, 6) is 2.46. The Bertz CT molecular complexity index is 267. The Morgan fingerprint density at radius 3 is 1.54 bits per heavy atom. The van der Waals surface area contributed by atoms with Crippen LogP contribution in [0.4, 0.5) is 5.95 Å². The van der Waals surface area contributed by atoms with E-state index in [2.05, 4.69) is 15.0 Å². The fourth-order valence-electron chi connectivity index (χ4n) is 0.943. The van der Waals surface area contributed by atoms with Crippen molar-refractivity contribution in [2.75, 3.05) is 5.73 Å². The van der Waals surface area contributed by atoms with Crippen LogP contribution in [-0.4, -0.2) is 15.0 Å². The van der Waals surface area contributed by atoms with Crippen molar-refractivity contribution in [2.24, 2.45) is 0 Å². The maximum atomic E-state index is 5.57. The van der Waals surface area contributed by atoms with Crippen molar-refractivity contribution >= 4 is 5.95 Å². The van der Waals surface area contributed by atoms with Gasteiger partial charge in [0.2, 0.25) is 5.95 Å². The van der Waals surface area contributed by atoms with Gasteiger partial charge in [0.1, 0.15) is 11.6 Å². The van der Waals surface area contributed by atoms with Gasteiger partial charge in [0, 0.05) is 11.8 Å². The number of nitrogen functional groups attached to an aromatic ring is 1. The molecule has 4 nitrogen and oxygen atoms in total. The first-order chi connectivity index (χ1) is 6.00. The third kappa shape index (κ3) is 2.37. The van der Waals surface area contributed by atoms with Crippen LogP contribution in [0.15, 0.2) is 0 Å². The van der Waals surface area contributed by atoms with E-state index in [4.69, 9.17) is 5.73 Å². The first-order valence-electron chi connectivity index (χ1n) is 4.52. The topological polar surface area (TPSA) is 64.7 Å². The summed E-state index contributed by atoms with van der Waals surface area (Å²) < 4.78 is 0. The number of hydrogen-bond donors (Lipinski definition) is 1.